The molecule has 2 aromatic carbocycles. The van der Waals surface area contributed by atoms with Crippen molar-refractivity contribution in [2.75, 3.05) is 18.1 Å². The van der Waals surface area contributed by atoms with E-state index in [0.717, 1.165) is 17.4 Å². The van der Waals surface area contributed by atoms with Gasteiger partial charge in [0.1, 0.15) is 11.3 Å². The zero-order valence-corrected chi connectivity index (χ0v) is 18.2. The third kappa shape index (κ3) is 5.38. The van der Waals surface area contributed by atoms with E-state index in [0.29, 0.717) is 13.0 Å². The van der Waals surface area contributed by atoms with E-state index in [-0.39, 0.29) is 40.0 Å². The summed E-state index contributed by atoms with van der Waals surface area (Å²) >= 11 is 1.000. The van der Waals surface area contributed by atoms with E-state index in [1.165, 1.54) is 29.2 Å². The fraction of sp³-hybridized carbons (Fsp3) is 0.190. The van der Waals surface area contributed by atoms with Crippen molar-refractivity contribution in [3.8, 4) is 5.75 Å². The Hall–Kier alpha value is -3.11. The summed E-state index contributed by atoms with van der Waals surface area (Å²) in [6.07, 6.45) is 5.65. The molecule has 1 amide bonds. The molecule has 4 aromatic rings. The average Bonchev–Trinajstić information content (AvgIpc) is 3.40. The maximum Gasteiger partial charge on any atom is 0.266 e. The minimum Gasteiger partial charge on any atom is -0.481 e. The third-order valence-electron chi connectivity index (χ3n) is 4.48. The van der Waals surface area contributed by atoms with Crippen LogP contribution in [0.4, 0.5) is 18.3 Å². The molecule has 168 valence electrons. The van der Waals surface area contributed by atoms with Crippen LogP contribution in [0.5, 0.6) is 5.75 Å². The molecule has 0 N–H and O–H groups in total. The summed E-state index contributed by atoms with van der Waals surface area (Å²) in [5, 5.41) is 0.215. The standard InChI is InChI=1S/C21H17F3N4O2S.ClH/c22-14-10-16(24)20-18(11-14)31-21(26-20)28(8-3-7-27-9-6-25-13-27)19(29)12-30-17-5-2-1-4-15(17)23;/h1-2,4-6,9-11,13H,3,7-8,12H2;1H. The SMILES string of the molecule is Cl.O=C(COc1ccccc1F)N(CCCn1ccnc1)c1nc2c(F)cc(F)cc2s1. The van der Waals surface area contributed by atoms with E-state index in [9.17, 15) is 18.0 Å². The molecule has 0 bridgehead atoms. The molecule has 0 unspecified atom stereocenters. The first-order chi connectivity index (χ1) is 15.0. The number of ether oxygens (including phenoxy) is 1. The fourth-order valence-corrected chi connectivity index (χ4v) is 4.05. The lowest BCUT2D eigenvalue weighted by molar-refractivity contribution is -0.120. The predicted octanol–water partition coefficient (Wildman–Crippen LogP) is 4.83. The number of aryl methyl sites for hydroxylation is 1. The maximum atomic E-state index is 14.1. The van der Waals surface area contributed by atoms with E-state index in [4.69, 9.17) is 4.74 Å². The van der Waals surface area contributed by atoms with Crippen LogP contribution in [0.2, 0.25) is 0 Å². The monoisotopic (exact) mass is 482 g/mol. The summed E-state index contributed by atoms with van der Waals surface area (Å²) in [4.78, 5) is 22.4. The van der Waals surface area contributed by atoms with Crippen LogP contribution in [0, 0.1) is 17.5 Å². The van der Waals surface area contributed by atoms with Crippen molar-refractivity contribution >= 4 is 45.0 Å². The number of hydrogen-bond acceptors (Lipinski definition) is 5. The summed E-state index contributed by atoms with van der Waals surface area (Å²) in [5.74, 6) is -2.63. The number of thiazole rings is 1. The lowest BCUT2D eigenvalue weighted by atomic mass is 10.3. The molecule has 2 heterocycles. The molecular weight excluding hydrogens is 465 g/mol. The Morgan fingerprint density at radius 3 is 2.72 bits per heavy atom. The summed E-state index contributed by atoms with van der Waals surface area (Å²) in [6.45, 7) is 0.409. The Balaban J connectivity index is 0.00000289. The molecule has 2 aromatic heterocycles. The molecule has 0 saturated carbocycles. The number of aromatic nitrogens is 3. The first kappa shape index (κ1) is 23.6. The number of fused-ring (bicyclic) bond motifs is 1. The zero-order chi connectivity index (χ0) is 21.8. The summed E-state index contributed by atoms with van der Waals surface area (Å²) in [7, 11) is 0. The summed E-state index contributed by atoms with van der Waals surface area (Å²) in [6, 6.07) is 7.68. The number of hydrogen-bond donors (Lipinski definition) is 0. The van der Waals surface area contributed by atoms with Crippen LogP contribution in [-0.4, -0.2) is 33.6 Å². The number of amides is 1. The minimum atomic E-state index is -0.800. The average molecular weight is 483 g/mol. The van der Waals surface area contributed by atoms with Crippen molar-refractivity contribution in [3.63, 3.8) is 0 Å². The molecule has 0 aliphatic rings. The highest BCUT2D eigenvalue weighted by atomic mass is 35.5. The molecule has 0 atom stereocenters. The molecule has 0 spiro atoms. The van der Waals surface area contributed by atoms with Gasteiger partial charge in [0, 0.05) is 31.5 Å². The van der Waals surface area contributed by atoms with Gasteiger partial charge in [0.25, 0.3) is 5.91 Å². The lowest BCUT2D eigenvalue weighted by Crippen LogP contribution is -2.36. The Morgan fingerprint density at radius 1 is 1.16 bits per heavy atom. The van der Waals surface area contributed by atoms with Crippen molar-refractivity contribution in [2.24, 2.45) is 0 Å². The van der Waals surface area contributed by atoms with Crippen molar-refractivity contribution in [3.05, 3.63) is 72.6 Å². The number of carbonyl (C=O) groups is 1. The topological polar surface area (TPSA) is 60.2 Å². The second-order valence-corrected chi connectivity index (χ2v) is 7.66. The van der Waals surface area contributed by atoms with Gasteiger partial charge in [-0.1, -0.05) is 23.5 Å². The first-order valence-corrected chi connectivity index (χ1v) is 10.2. The van der Waals surface area contributed by atoms with Gasteiger partial charge in [-0.2, -0.15) is 0 Å². The highest BCUT2D eigenvalue weighted by Crippen LogP contribution is 2.31. The van der Waals surface area contributed by atoms with Gasteiger partial charge in [0.15, 0.2) is 29.1 Å². The maximum absolute atomic E-state index is 14.1. The van der Waals surface area contributed by atoms with Crippen molar-refractivity contribution in [2.45, 2.75) is 13.0 Å². The number of rotatable bonds is 8. The Bertz CT molecular complexity index is 1200. The second kappa shape index (κ2) is 10.5. The molecule has 4 rings (SSSR count). The van der Waals surface area contributed by atoms with E-state index in [1.807, 2.05) is 4.57 Å². The van der Waals surface area contributed by atoms with E-state index >= 15 is 0 Å². The van der Waals surface area contributed by atoms with Crippen molar-refractivity contribution in [1.82, 2.24) is 14.5 Å². The van der Waals surface area contributed by atoms with Crippen LogP contribution < -0.4 is 9.64 Å². The highest BCUT2D eigenvalue weighted by molar-refractivity contribution is 7.22. The first-order valence-electron chi connectivity index (χ1n) is 9.40. The van der Waals surface area contributed by atoms with Crippen LogP contribution in [0.3, 0.4) is 0 Å². The van der Waals surface area contributed by atoms with E-state index in [2.05, 4.69) is 9.97 Å². The van der Waals surface area contributed by atoms with E-state index in [1.54, 1.807) is 24.8 Å². The van der Waals surface area contributed by atoms with E-state index < -0.39 is 30.0 Å². The summed E-state index contributed by atoms with van der Waals surface area (Å²) < 4.78 is 48.9. The predicted molar refractivity (Wildman–Crippen MR) is 118 cm³/mol. The van der Waals surface area contributed by atoms with Gasteiger partial charge in [-0.05, 0) is 24.6 Å². The molecule has 0 radical (unpaired) electrons. The smallest absolute Gasteiger partial charge is 0.266 e. The van der Waals surface area contributed by atoms with Gasteiger partial charge in [-0.25, -0.2) is 23.1 Å². The Morgan fingerprint density at radius 2 is 1.97 bits per heavy atom. The fourth-order valence-electron chi connectivity index (χ4n) is 3.00. The molecule has 0 aliphatic carbocycles. The molecule has 6 nitrogen and oxygen atoms in total. The largest absolute Gasteiger partial charge is 0.481 e. The number of nitrogens with zero attached hydrogens (tertiary/aromatic N) is 4. The Kier molecular flexibility index (Phi) is 7.70. The lowest BCUT2D eigenvalue weighted by Gasteiger charge is -2.20. The summed E-state index contributed by atoms with van der Waals surface area (Å²) in [5.41, 5.74) is -0.0103. The van der Waals surface area contributed by atoms with Gasteiger partial charge in [-0.3, -0.25) is 9.69 Å². The van der Waals surface area contributed by atoms with Crippen LogP contribution in [0.1, 0.15) is 6.42 Å². The number of carbonyl (C=O) groups excluding carboxylic acids is 1. The number of imidazole rings is 1. The molecule has 0 saturated heterocycles. The third-order valence-corrected chi connectivity index (χ3v) is 5.50. The van der Waals surface area contributed by atoms with Gasteiger partial charge >= 0.3 is 0 Å². The minimum absolute atomic E-state index is 0. The van der Waals surface area contributed by atoms with Crippen LogP contribution in [-0.2, 0) is 11.3 Å². The zero-order valence-electron chi connectivity index (χ0n) is 16.6. The highest BCUT2D eigenvalue weighted by Gasteiger charge is 2.22. The Labute approximate surface area is 191 Å². The number of anilines is 1. The molecular formula is C21H18ClF3N4O2S. The van der Waals surface area contributed by atoms with Crippen molar-refractivity contribution in [1.29, 1.82) is 0 Å². The van der Waals surface area contributed by atoms with Gasteiger partial charge in [0.05, 0.1) is 11.0 Å². The number of benzene rings is 2. The molecule has 11 heteroatoms. The number of halogens is 4. The quantitative estimate of drug-likeness (QED) is 0.361. The normalized spacial score (nSPS) is 10.7. The van der Waals surface area contributed by atoms with Crippen LogP contribution >= 0.6 is 23.7 Å². The van der Waals surface area contributed by atoms with Gasteiger partial charge < -0.3 is 9.30 Å². The molecule has 0 fully saturated rings. The van der Waals surface area contributed by atoms with Crippen LogP contribution in [0.25, 0.3) is 10.2 Å². The van der Waals surface area contributed by atoms with Gasteiger partial charge in [0.2, 0.25) is 0 Å². The molecule has 0 aliphatic heterocycles. The molecule has 32 heavy (non-hydrogen) atoms. The second-order valence-electron chi connectivity index (χ2n) is 6.65. The van der Waals surface area contributed by atoms with Crippen molar-refractivity contribution < 1.29 is 22.7 Å². The van der Waals surface area contributed by atoms with Gasteiger partial charge in [-0.15, -0.1) is 12.4 Å². The number of para-hydroxylation sites is 1. The van der Waals surface area contributed by atoms with Crippen LogP contribution in [0.15, 0.2) is 55.1 Å².